The Balaban J connectivity index is 1.85. The van der Waals surface area contributed by atoms with Crippen molar-refractivity contribution in [1.82, 2.24) is 15.5 Å². The van der Waals surface area contributed by atoms with Gasteiger partial charge in [-0.1, -0.05) is 13.0 Å². The highest BCUT2D eigenvalue weighted by Gasteiger charge is 2.22. The molecule has 1 fully saturated rings. The van der Waals surface area contributed by atoms with Gasteiger partial charge in [-0.2, -0.15) is 0 Å². The highest BCUT2D eigenvalue weighted by Crippen LogP contribution is 2.28. The van der Waals surface area contributed by atoms with Gasteiger partial charge in [0.05, 0.1) is 7.11 Å². The number of carbonyl (C=O) groups excluding carboxylic acids is 1. The van der Waals surface area contributed by atoms with Crippen LogP contribution in [-0.4, -0.2) is 55.7 Å². The minimum absolute atomic E-state index is 0.0280. The molecule has 152 valence electrons. The van der Waals surface area contributed by atoms with Crippen LogP contribution in [0.2, 0.25) is 0 Å². The molecule has 1 heterocycles. The summed E-state index contributed by atoms with van der Waals surface area (Å²) in [4.78, 5) is 14.5. The molecule has 0 aromatic heterocycles. The van der Waals surface area contributed by atoms with Gasteiger partial charge in [0.25, 0.3) is 5.91 Å². The van der Waals surface area contributed by atoms with E-state index < -0.39 is 0 Å². The number of hydrogen-bond donors (Lipinski definition) is 2. The Labute approximate surface area is 163 Å². The highest BCUT2D eigenvalue weighted by molar-refractivity contribution is 5.78. The zero-order chi connectivity index (χ0) is 19.9. The lowest BCUT2D eigenvalue weighted by Gasteiger charge is -2.23. The molecule has 1 aliphatic heterocycles. The fourth-order valence-corrected chi connectivity index (χ4v) is 3.46. The zero-order valence-electron chi connectivity index (χ0n) is 17.4. The summed E-state index contributed by atoms with van der Waals surface area (Å²) in [6.07, 6.45) is 2.57. The molecular weight excluding hydrogens is 342 g/mol. The van der Waals surface area contributed by atoms with Crippen LogP contribution < -0.4 is 20.1 Å². The van der Waals surface area contributed by atoms with Crippen LogP contribution in [0.15, 0.2) is 18.2 Å². The van der Waals surface area contributed by atoms with Crippen LogP contribution in [0.1, 0.15) is 46.1 Å². The van der Waals surface area contributed by atoms with E-state index in [1.807, 2.05) is 39.0 Å². The first kappa shape index (κ1) is 21.5. The Hall–Kier alpha value is -1.79. The number of ether oxygens (including phenoxy) is 2. The number of likely N-dealkylation sites (N-methyl/N-ethyl adjacent to an activating group) is 1. The summed E-state index contributed by atoms with van der Waals surface area (Å²) in [5, 5.41) is 6.43. The number of rotatable bonds is 9. The lowest BCUT2D eigenvalue weighted by atomic mass is 10.1. The summed E-state index contributed by atoms with van der Waals surface area (Å²) >= 11 is 0. The largest absolute Gasteiger partial charge is 0.493 e. The molecule has 1 aromatic rings. The van der Waals surface area contributed by atoms with Crippen LogP contribution in [0.5, 0.6) is 11.5 Å². The number of amides is 1. The van der Waals surface area contributed by atoms with E-state index in [-0.39, 0.29) is 18.1 Å². The maximum absolute atomic E-state index is 11.9. The van der Waals surface area contributed by atoms with Crippen LogP contribution in [0.25, 0.3) is 0 Å². The monoisotopic (exact) mass is 377 g/mol. The van der Waals surface area contributed by atoms with E-state index in [4.69, 9.17) is 9.47 Å². The van der Waals surface area contributed by atoms with E-state index >= 15 is 0 Å². The van der Waals surface area contributed by atoms with Gasteiger partial charge in [-0.05, 0) is 64.4 Å². The number of hydrogen-bond acceptors (Lipinski definition) is 5. The second-order valence-electron chi connectivity index (χ2n) is 8.13. The molecule has 1 saturated heterocycles. The SMILES string of the molecule is CCN1CCC[C@@H]1CNCc1ccc(OCC(=O)NC(C)(C)C)c(OC)c1. The van der Waals surface area contributed by atoms with Crippen molar-refractivity contribution in [2.24, 2.45) is 0 Å². The van der Waals surface area contributed by atoms with Crippen molar-refractivity contribution in [3.8, 4) is 11.5 Å². The fourth-order valence-electron chi connectivity index (χ4n) is 3.46. The Morgan fingerprint density at radius 3 is 2.74 bits per heavy atom. The van der Waals surface area contributed by atoms with Gasteiger partial charge in [0.2, 0.25) is 0 Å². The average molecular weight is 378 g/mol. The summed E-state index contributed by atoms with van der Waals surface area (Å²) in [6, 6.07) is 6.49. The second-order valence-corrected chi connectivity index (χ2v) is 8.13. The van der Waals surface area contributed by atoms with Gasteiger partial charge in [-0.15, -0.1) is 0 Å². The van der Waals surface area contributed by atoms with E-state index in [2.05, 4.69) is 22.5 Å². The molecular formula is C21H35N3O3. The maximum atomic E-state index is 11.9. The van der Waals surface area contributed by atoms with Gasteiger partial charge in [0.15, 0.2) is 18.1 Å². The predicted octanol–water partition coefficient (Wildman–Crippen LogP) is 2.56. The summed E-state index contributed by atoms with van der Waals surface area (Å²) in [7, 11) is 1.62. The van der Waals surface area contributed by atoms with Gasteiger partial charge in [0, 0.05) is 24.7 Å². The van der Waals surface area contributed by atoms with Crippen molar-refractivity contribution in [3.63, 3.8) is 0 Å². The van der Waals surface area contributed by atoms with E-state index in [1.54, 1.807) is 7.11 Å². The summed E-state index contributed by atoms with van der Waals surface area (Å²) in [5.74, 6) is 1.08. The van der Waals surface area contributed by atoms with Crippen molar-refractivity contribution in [1.29, 1.82) is 0 Å². The van der Waals surface area contributed by atoms with Crippen LogP contribution in [0.4, 0.5) is 0 Å². The molecule has 2 N–H and O–H groups in total. The second kappa shape index (κ2) is 9.95. The van der Waals surface area contributed by atoms with Crippen LogP contribution >= 0.6 is 0 Å². The lowest BCUT2D eigenvalue weighted by Crippen LogP contribution is -2.43. The minimum atomic E-state index is -0.271. The molecule has 1 aromatic carbocycles. The number of nitrogens with one attached hydrogen (secondary N) is 2. The third kappa shape index (κ3) is 7.03. The molecule has 0 spiro atoms. The third-order valence-electron chi connectivity index (χ3n) is 4.72. The quantitative estimate of drug-likeness (QED) is 0.693. The number of benzene rings is 1. The molecule has 27 heavy (non-hydrogen) atoms. The van der Waals surface area contributed by atoms with Crippen molar-refractivity contribution >= 4 is 5.91 Å². The molecule has 1 atom stereocenters. The number of nitrogens with zero attached hydrogens (tertiary/aromatic N) is 1. The van der Waals surface area contributed by atoms with E-state index in [1.165, 1.54) is 19.4 Å². The third-order valence-corrected chi connectivity index (χ3v) is 4.72. The maximum Gasteiger partial charge on any atom is 0.258 e. The number of likely N-dealkylation sites (tertiary alicyclic amines) is 1. The highest BCUT2D eigenvalue weighted by atomic mass is 16.5. The van der Waals surface area contributed by atoms with Gasteiger partial charge in [0.1, 0.15) is 0 Å². The van der Waals surface area contributed by atoms with E-state index in [0.717, 1.165) is 25.2 Å². The standard InChI is InChI=1S/C21H35N3O3/c1-6-24-11-7-8-17(24)14-22-13-16-9-10-18(19(12-16)26-5)27-15-20(25)23-21(2,3)4/h9-10,12,17,22H,6-8,11,13-15H2,1-5H3,(H,23,25)/t17-/m1/s1. The topological polar surface area (TPSA) is 62.8 Å². The van der Waals surface area contributed by atoms with Crippen LogP contribution in [0.3, 0.4) is 0 Å². The number of carbonyl (C=O) groups is 1. The smallest absolute Gasteiger partial charge is 0.258 e. The average Bonchev–Trinajstić information content (AvgIpc) is 3.06. The lowest BCUT2D eigenvalue weighted by molar-refractivity contribution is -0.124. The molecule has 1 aliphatic rings. The Morgan fingerprint density at radius 2 is 2.07 bits per heavy atom. The molecule has 0 radical (unpaired) electrons. The molecule has 2 rings (SSSR count). The van der Waals surface area contributed by atoms with Gasteiger partial charge >= 0.3 is 0 Å². The molecule has 0 unspecified atom stereocenters. The minimum Gasteiger partial charge on any atom is -0.493 e. The van der Waals surface area contributed by atoms with Gasteiger partial charge in [-0.3, -0.25) is 9.69 Å². The molecule has 0 bridgehead atoms. The van der Waals surface area contributed by atoms with Crippen LogP contribution in [0, 0.1) is 0 Å². The van der Waals surface area contributed by atoms with Crippen molar-refractivity contribution < 1.29 is 14.3 Å². The Bertz CT molecular complexity index is 613. The van der Waals surface area contributed by atoms with Crippen molar-refractivity contribution in [3.05, 3.63) is 23.8 Å². The summed E-state index contributed by atoms with van der Waals surface area (Å²) < 4.78 is 11.1. The fraction of sp³-hybridized carbons (Fsp3) is 0.667. The Kier molecular flexibility index (Phi) is 7.92. The van der Waals surface area contributed by atoms with Gasteiger partial charge in [-0.25, -0.2) is 0 Å². The number of methoxy groups -OCH3 is 1. The van der Waals surface area contributed by atoms with Gasteiger partial charge < -0.3 is 20.1 Å². The molecule has 0 aliphatic carbocycles. The Morgan fingerprint density at radius 1 is 1.30 bits per heavy atom. The first-order valence-corrected chi connectivity index (χ1v) is 9.88. The molecule has 1 amide bonds. The normalized spacial score (nSPS) is 17.7. The van der Waals surface area contributed by atoms with Crippen molar-refractivity contribution in [2.75, 3.05) is 33.4 Å². The summed E-state index contributed by atoms with van der Waals surface area (Å²) in [6.45, 7) is 12.1. The van der Waals surface area contributed by atoms with E-state index in [0.29, 0.717) is 17.5 Å². The predicted molar refractivity (Wildman–Crippen MR) is 108 cm³/mol. The molecule has 6 heteroatoms. The zero-order valence-corrected chi connectivity index (χ0v) is 17.4. The first-order valence-electron chi connectivity index (χ1n) is 9.88. The van der Waals surface area contributed by atoms with E-state index in [9.17, 15) is 4.79 Å². The van der Waals surface area contributed by atoms with Crippen LogP contribution in [-0.2, 0) is 11.3 Å². The molecule has 6 nitrogen and oxygen atoms in total. The molecule has 0 saturated carbocycles. The summed E-state index contributed by atoms with van der Waals surface area (Å²) in [5.41, 5.74) is 0.867. The van der Waals surface area contributed by atoms with Crippen molar-refractivity contribution in [2.45, 2.75) is 58.7 Å². The first-order chi connectivity index (χ1) is 12.8.